The maximum absolute atomic E-state index is 2.79. The number of rotatable bonds is 7. The molecule has 2 aliphatic carbocycles. The zero-order chi connectivity index (χ0) is 15.8. The molecule has 0 aromatic rings. The second-order valence-corrected chi connectivity index (χ2v) is 10.2. The molecule has 2 fully saturated rings. The Balaban J connectivity index is 2.40. The van der Waals surface area contributed by atoms with E-state index in [2.05, 4.69) is 57.8 Å². The van der Waals surface area contributed by atoms with Gasteiger partial charge in [0.15, 0.2) is 0 Å². The minimum atomic E-state index is -0.174. The topological polar surface area (TPSA) is 6.48 Å². The molecular weight excluding hydrogens is 275 g/mol. The molecule has 0 unspecified atom stereocenters. The Morgan fingerprint density at radius 1 is 0.905 bits per heavy atom. The summed E-state index contributed by atoms with van der Waals surface area (Å²) in [5.74, 6) is 0.962. The van der Waals surface area contributed by atoms with Crippen LogP contribution < -0.4 is 0 Å². The van der Waals surface area contributed by atoms with Crippen LogP contribution in [0.15, 0.2) is 0 Å². The summed E-state index contributed by atoms with van der Waals surface area (Å²) in [5.41, 5.74) is 1.98. The number of nitrogens with zero attached hydrogens (tertiary/aromatic N) is 2. The van der Waals surface area contributed by atoms with Crippen molar-refractivity contribution in [3.8, 4) is 0 Å². The second kappa shape index (κ2) is 6.46. The number of hydrogen-bond donors (Lipinski definition) is 0. The Kier molecular flexibility index (Phi) is 5.44. The molecule has 0 N–H and O–H groups in total. The van der Waals surface area contributed by atoms with E-state index in [4.69, 9.17) is 0 Å². The fourth-order valence-corrected chi connectivity index (χ4v) is 9.15. The van der Waals surface area contributed by atoms with Gasteiger partial charge in [-0.05, 0) is 36.0 Å². The highest BCUT2D eigenvalue weighted by molar-refractivity contribution is 7.53. The lowest BCUT2D eigenvalue weighted by Gasteiger charge is -2.53. The van der Waals surface area contributed by atoms with Gasteiger partial charge in [0.1, 0.15) is 0 Å². The molecule has 2 saturated carbocycles. The van der Waals surface area contributed by atoms with Crippen molar-refractivity contribution in [2.45, 2.75) is 73.4 Å². The molecule has 2 rings (SSSR count). The van der Waals surface area contributed by atoms with Crippen molar-refractivity contribution in [3.63, 3.8) is 0 Å². The molecule has 0 saturated heterocycles. The van der Waals surface area contributed by atoms with E-state index in [0.717, 1.165) is 11.6 Å². The van der Waals surface area contributed by atoms with Crippen molar-refractivity contribution in [1.82, 2.24) is 9.34 Å². The first-order valence-electron chi connectivity index (χ1n) is 9.14. The van der Waals surface area contributed by atoms with Crippen LogP contribution in [0.2, 0.25) is 0 Å². The van der Waals surface area contributed by atoms with E-state index in [0.29, 0.717) is 10.8 Å². The van der Waals surface area contributed by atoms with Gasteiger partial charge in [-0.2, -0.15) is 0 Å². The Labute approximate surface area is 134 Å². The van der Waals surface area contributed by atoms with Crippen molar-refractivity contribution in [2.75, 3.05) is 26.2 Å². The summed E-state index contributed by atoms with van der Waals surface area (Å²) in [5, 5.41) is 0. The van der Waals surface area contributed by atoms with Crippen molar-refractivity contribution in [3.05, 3.63) is 0 Å². The standard InChI is InChI=1S/C18H37N2P/c1-8-19(9-2)21(20(10-3)11-4)16-17(5,6)15-12-13-18(16,7)14-15/h15-16H,8-14H2,1-7H3/t15-,16+,18-/m0/s1. The van der Waals surface area contributed by atoms with Gasteiger partial charge in [-0.25, -0.2) is 0 Å². The molecule has 3 heteroatoms. The van der Waals surface area contributed by atoms with Crippen LogP contribution in [0.4, 0.5) is 0 Å². The molecule has 3 atom stereocenters. The SMILES string of the molecule is CCN(CC)P([C@@H]1C(C)(C)[C@H]2CC[C@@]1(C)C2)N(CC)CC. The van der Waals surface area contributed by atoms with Gasteiger partial charge in [0.2, 0.25) is 0 Å². The van der Waals surface area contributed by atoms with E-state index in [1.807, 2.05) is 0 Å². The quantitative estimate of drug-likeness (QED) is 0.596. The molecule has 0 heterocycles. The maximum Gasteiger partial charge on any atom is 0.0438 e. The zero-order valence-corrected chi connectivity index (χ0v) is 16.3. The lowest BCUT2D eigenvalue weighted by molar-refractivity contribution is 0.179. The minimum absolute atomic E-state index is 0.174. The number of hydrogen-bond acceptors (Lipinski definition) is 2. The van der Waals surface area contributed by atoms with Gasteiger partial charge in [-0.15, -0.1) is 0 Å². The predicted octanol–water partition coefficient (Wildman–Crippen LogP) is 5.20. The van der Waals surface area contributed by atoms with Crippen LogP contribution in [0, 0.1) is 16.7 Å². The third-order valence-corrected chi connectivity index (χ3v) is 10.5. The highest BCUT2D eigenvalue weighted by Crippen LogP contribution is 2.73. The van der Waals surface area contributed by atoms with E-state index in [1.54, 1.807) is 0 Å². The Hall–Kier alpha value is 0.350. The fourth-order valence-electron chi connectivity index (χ4n) is 5.38. The van der Waals surface area contributed by atoms with Gasteiger partial charge >= 0.3 is 0 Å². The number of fused-ring (bicyclic) bond motifs is 2. The lowest BCUT2D eigenvalue weighted by atomic mass is 9.72. The fraction of sp³-hybridized carbons (Fsp3) is 1.00. The lowest BCUT2D eigenvalue weighted by Crippen LogP contribution is -2.46. The van der Waals surface area contributed by atoms with Crippen LogP contribution in [0.25, 0.3) is 0 Å². The molecule has 21 heavy (non-hydrogen) atoms. The third-order valence-electron chi connectivity index (χ3n) is 6.46. The van der Waals surface area contributed by atoms with E-state index in [1.165, 1.54) is 45.4 Å². The molecule has 2 nitrogen and oxygen atoms in total. The smallest absolute Gasteiger partial charge is 0.0438 e. The molecule has 0 radical (unpaired) electrons. The summed E-state index contributed by atoms with van der Waals surface area (Å²) in [6.07, 6.45) is 4.42. The Morgan fingerprint density at radius 3 is 1.71 bits per heavy atom. The molecular formula is C18H37N2P. The maximum atomic E-state index is 2.79. The van der Waals surface area contributed by atoms with Gasteiger partial charge < -0.3 is 0 Å². The first-order valence-corrected chi connectivity index (χ1v) is 10.5. The summed E-state index contributed by atoms with van der Waals surface area (Å²) < 4.78 is 5.58. The summed E-state index contributed by atoms with van der Waals surface area (Å²) in [6, 6.07) is 0. The molecule has 0 aromatic carbocycles. The Bertz CT molecular complexity index is 332. The molecule has 2 aliphatic rings. The van der Waals surface area contributed by atoms with Crippen molar-refractivity contribution >= 4 is 8.22 Å². The molecule has 0 amide bonds. The van der Waals surface area contributed by atoms with E-state index in [-0.39, 0.29) is 8.22 Å². The van der Waals surface area contributed by atoms with Crippen LogP contribution in [0.5, 0.6) is 0 Å². The largest absolute Gasteiger partial charge is 0.270 e. The van der Waals surface area contributed by atoms with Crippen LogP contribution in [0.1, 0.15) is 67.7 Å². The first kappa shape index (κ1) is 17.7. The first-order chi connectivity index (χ1) is 9.85. The normalized spacial score (nSPS) is 34.6. The van der Waals surface area contributed by atoms with E-state index in [9.17, 15) is 0 Å². The van der Waals surface area contributed by atoms with Gasteiger partial charge in [0, 0.05) is 40.1 Å². The average molecular weight is 312 g/mol. The zero-order valence-electron chi connectivity index (χ0n) is 15.4. The Morgan fingerprint density at radius 2 is 1.38 bits per heavy atom. The van der Waals surface area contributed by atoms with E-state index < -0.39 is 0 Å². The van der Waals surface area contributed by atoms with Crippen LogP contribution in [-0.2, 0) is 0 Å². The van der Waals surface area contributed by atoms with Crippen LogP contribution in [0.3, 0.4) is 0 Å². The summed E-state index contributed by atoms with van der Waals surface area (Å²) in [6.45, 7) is 22.0. The average Bonchev–Trinajstić information content (AvgIpc) is 2.92. The second-order valence-electron chi connectivity index (χ2n) is 7.92. The van der Waals surface area contributed by atoms with Crippen LogP contribution in [-0.4, -0.2) is 41.2 Å². The molecule has 124 valence electrons. The third kappa shape index (κ3) is 2.81. The summed E-state index contributed by atoms with van der Waals surface area (Å²) in [7, 11) is -0.174. The van der Waals surface area contributed by atoms with Gasteiger partial charge in [0.25, 0.3) is 0 Å². The van der Waals surface area contributed by atoms with Crippen molar-refractivity contribution in [2.24, 2.45) is 16.7 Å². The molecule has 2 bridgehead atoms. The predicted molar refractivity (Wildman–Crippen MR) is 95.8 cm³/mol. The van der Waals surface area contributed by atoms with Crippen LogP contribution >= 0.6 is 8.22 Å². The van der Waals surface area contributed by atoms with Gasteiger partial charge in [0.05, 0.1) is 0 Å². The summed E-state index contributed by atoms with van der Waals surface area (Å²) in [4.78, 5) is 0. The minimum Gasteiger partial charge on any atom is -0.270 e. The highest BCUT2D eigenvalue weighted by Gasteiger charge is 2.62. The highest BCUT2D eigenvalue weighted by atomic mass is 31.1. The van der Waals surface area contributed by atoms with Crippen molar-refractivity contribution in [1.29, 1.82) is 0 Å². The van der Waals surface area contributed by atoms with Gasteiger partial charge in [-0.1, -0.05) is 48.5 Å². The van der Waals surface area contributed by atoms with E-state index >= 15 is 0 Å². The molecule has 0 spiro atoms. The molecule has 0 aromatic heterocycles. The molecule has 0 aliphatic heterocycles. The van der Waals surface area contributed by atoms with Crippen molar-refractivity contribution < 1.29 is 0 Å². The summed E-state index contributed by atoms with van der Waals surface area (Å²) >= 11 is 0. The monoisotopic (exact) mass is 312 g/mol. The van der Waals surface area contributed by atoms with Gasteiger partial charge in [-0.3, -0.25) is 9.34 Å².